The van der Waals surface area contributed by atoms with Crippen molar-refractivity contribution in [3.63, 3.8) is 0 Å². The fourth-order valence-electron chi connectivity index (χ4n) is 2.30. The maximum Gasteiger partial charge on any atom is -0.00605 e. The van der Waals surface area contributed by atoms with Gasteiger partial charge in [-0.1, -0.05) is 49.6 Å². The van der Waals surface area contributed by atoms with Crippen LogP contribution in [0.5, 0.6) is 0 Å². The fourth-order valence-corrected chi connectivity index (χ4v) is 2.30. The molecule has 0 saturated carbocycles. The van der Waals surface area contributed by atoms with Crippen molar-refractivity contribution in [3.8, 4) is 0 Å². The molecule has 0 heteroatoms. The number of aryl methyl sites for hydroxylation is 1. The van der Waals surface area contributed by atoms with E-state index in [1.54, 1.807) is 0 Å². The first-order valence-electron chi connectivity index (χ1n) is 6.08. The number of benzene rings is 1. The zero-order valence-corrected chi connectivity index (χ0v) is 9.84. The highest BCUT2D eigenvalue weighted by atomic mass is 14.1. The summed E-state index contributed by atoms with van der Waals surface area (Å²) < 4.78 is 0. The molecule has 0 nitrogen and oxygen atoms in total. The lowest BCUT2D eigenvalue weighted by Gasteiger charge is -2.04. The van der Waals surface area contributed by atoms with E-state index in [1.165, 1.54) is 47.9 Å². The average molecular weight is 200 g/mol. The second kappa shape index (κ2) is 4.65. The molecule has 0 atom stereocenters. The Morgan fingerprint density at radius 2 is 2.07 bits per heavy atom. The summed E-state index contributed by atoms with van der Waals surface area (Å²) >= 11 is 0. The normalized spacial score (nSPS) is 13.9. The van der Waals surface area contributed by atoms with Crippen LogP contribution in [0.1, 0.15) is 49.8 Å². The van der Waals surface area contributed by atoms with Crippen LogP contribution in [-0.2, 0) is 12.8 Å². The van der Waals surface area contributed by atoms with Gasteiger partial charge in [0, 0.05) is 0 Å². The zero-order chi connectivity index (χ0) is 10.7. The van der Waals surface area contributed by atoms with Gasteiger partial charge >= 0.3 is 0 Å². The second-order valence-electron chi connectivity index (χ2n) is 4.66. The van der Waals surface area contributed by atoms with E-state index in [0.717, 1.165) is 6.42 Å². The lowest BCUT2D eigenvalue weighted by Crippen LogP contribution is -1.89. The molecule has 0 unspecified atom stereocenters. The molecule has 80 valence electrons. The van der Waals surface area contributed by atoms with Gasteiger partial charge in [-0.25, -0.2) is 0 Å². The van der Waals surface area contributed by atoms with Gasteiger partial charge in [0.1, 0.15) is 0 Å². The molecule has 1 aromatic carbocycles. The highest BCUT2D eigenvalue weighted by molar-refractivity contribution is 5.63. The van der Waals surface area contributed by atoms with Crippen LogP contribution in [0, 0.1) is 0 Å². The molecular formula is C15H20. The van der Waals surface area contributed by atoms with E-state index in [4.69, 9.17) is 0 Å². The number of unbranched alkanes of at least 4 members (excludes halogenated alkanes) is 2. The van der Waals surface area contributed by atoms with Gasteiger partial charge in [0.25, 0.3) is 0 Å². The second-order valence-corrected chi connectivity index (χ2v) is 4.66. The van der Waals surface area contributed by atoms with Gasteiger partial charge in [-0.3, -0.25) is 0 Å². The van der Waals surface area contributed by atoms with Crippen molar-refractivity contribution in [1.29, 1.82) is 0 Å². The van der Waals surface area contributed by atoms with Gasteiger partial charge in [-0.05, 0) is 42.9 Å². The minimum Gasteiger partial charge on any atom is -0.0683 e. The largest absolute Gasteiger partial charge is 0.0683 e. The number of rotatable bonds is 4. The molecule has 15 heavy (non-hydrogen) atoms. The number of hydrogen-bond donors (Lipinski definition) is 0. The summed E-state index contributed by atoms with van der Waals surface area (Å²) in [5.74, 6) is 0. The van der Waals surface area contributed by atoms with Crippen LogP contribution in [-0.4, -0.2) is 0 Å². The molecule has 0 heterocycles. The number of allylic oxidation sites excluding steroid dienone is 1. The third-order valence-electron chi connectivity index (χ3n) is 3.15. The summed E-state index contributed by atoms with van der Waals surface area (Å²) in [6.07, 6.45) is 8.73. The van der Waals surface area contributed by atoms with E-state index in [-0.39, 0.29) is 0 Å². The average Bonchev–Trinajstić information content (AvgIpc) is 2.57. The van der Waals surface area contributed by atoms with Crippen molar-refractivity contribution in [2.24, 2.45) is 0 Å². The summed E-state index contributed by atoms with van der Waals surface area (Å²) in [7, 11) is 0. The topological polar surface area (TPSA) is 0 Å². The van der Waals surface area contributed by atoms with E-state index in [2.05, 4.69) is 38.1 Å². The van der Waals surface area contributed by atoms with E-state index in [1.807, 2.05) is 0 Å². The predicted octanol–water partition coefficient (Wildman–Crippen LogP) is 4.38. The third-order valence-corrected chi connectivity index (χ3v) is 3.15. The molecule has 0 aromatic heterocycles. The highest BCUT2D eigenvalue weighted by Crippen LogP contribution is 2.25. The summed E-state index contributed by atoms with van der Waals surface area (Å²) in [5, 5.41) is 0. The van der Waals surface area contributed by atoms with Gasteiger partial charge in [0.2, 0.25) is 0 Å². The van der Waals surface area contributed by atoms with Crippen LogP contribution >= 0.6 is 0 Å². The smallest absolute Gasteiger partial charge is 0.00605 e. The molecule has 0 aliphatic heterocycles. The molecule has 1 aliphatic rings. The van der Waals surface area contributed by atoms with Crippen LogP contribution in [0.2, 0.25) is 0 Å². The number of hydrogen-bond acceptors (Lipinski definition) is 0. The summed E-state index contributed by atoms with van der Waals surface area (Å²) in [6, 6.07) is 6.98. The van der Waals surface area contributed by atoms with Crippen LogP contribution in [0.15, 0.2) is 23.8 Å². The Morgan fingerprint density at radius 3 is 2.87 bits per heavy atom. The minimum absolute atomic E-state index is 1.16. The Hall–Kier alpha value is -1.04. The highest BCUT2D eigenvalue weighted by Gasteiger charge is 2.09. The molecule has 0 amide bonds. The number of fused-ring (bicyclic) bond motifs is 1. The third kappa shape index (κ3) is 2.50. The predicted molar refractivity (Wildman–Crippen MR) is 67.0 cm³/mol. The van der Waals surface area contributed by atoms with Crippen molar-refractivity contribution in [2.75, 3.05) is 0 Å². The summed E-state index contributed by atoms with van der Waals surface area (Å²) in [6.45, 7) is 4.48. The van der Waals surface area contributed by atoms with Gasteiger partial charge in [-0.15, -0.1) is 0 Å². The van der Waals surface area contributed by atoms with Crippen molar-refractivity contribution in [3.05, 3.63) is 40.5 Å². The monoisotopic (exact) mass is 200 g/mol. The molecule has 0 N–H and O–H groups in total. The van der Waals surface area contributed by atoms with Crippen LogP contribution in [0.25, 0.3) is 6.08 Å². The van der Waals surface area contributed by atoms with Crippen molar-refractivity contribution < 1.29 is 0 Å². The van der Waals surface area contributed by atoms with E-state index in [0.29, 0.717) is 0 Å². The molecule has 0 saturated heterocycles. The first-order chi connectivity index (χ1) is 7.29. The first kappa shape index (κ1) is 10.5. The standard InChI is InChI=1S/C15H20/c1-3-4-5-6-13-7-8-14-9-12(2)10-15(14)11-13/h7-9,11H,3-6,10H2,1-2H3. The maximum atomic E-state index is 2.40. The van der Waals surface area contributed by atoms with Crippen LogP contribution in [0.4, 0.5) is 0 Å². The molecule has 1 aliphatic carbocycles. The Labute approximate surface area is 93.0 Å². The molecule has 0 bridgehead atoms. The summed E-state index contributed by atoms with van der Waals surface area (Å²) in [4.78, 5) is 0. The quantitative estimate of drug-likeness (QED) is 0.633. The van der Waals surface area contributed by atoms with Gasteiger partial charge in [0.05, 0.1) is 0 Å². The van der Waals surface area contributed by atoms with Gasteiger partial charge in [0.15, 0.2) is 0 Å². The lowest BCUT2D eigenvalue weighted by atomic mass is 10.0. The molecule has 0 radical (unpaired) electrons. The van der Waals surface area contributed by atoms with E-state index >= 15 is 0 Å². The van der Waals surface area contributed by atoms with Gasteiger partial charge in [-0.2, -0.15) is 0 Å². The van der Waals surface area contributed by atoms with Crippen molar-refractivity contribution in [1.82, 2.24) is 0 Å². The minimum atomic E-state index is 1.16. The maximum absolute atomic E-state index is 2.40. The lowest BCUT2D eigenvalue weighted by molar-refractivity contribution is 0.717. The zero-order valence-electron chi connectivity index (χ0n) is 9.84. The van der Waals surface area contributed by atoms with Crippen molar-refractivity contribution in [2.45, 2.75) is 46.0 Å². The van der Waals surface area contributed by atoms with Gasteiger partial charge < -0.3 is 0 Å². The molecule has 2 rings (SSSR count). The molecule has 0 spiro atoms. The molecule has 1 aromatic rings. The van der Waals surface area contributed by atoms with E-state index < -0.39 is 0 Å². The summed E-state index contributed by atoms with van der Waals surface area (Å²) in [5.41, 5.74) is 5.98. The first-order valence-corrected chi connectivity index (χ1v) is 6.08. The Morgan fingerprint density at radius 1 is 1.20 bits per heavy atom. The van der Waals surface area contributed by atoms with Crippen LogP contribution < -0.4 is 0 Å². The van der Waals surface area contributed by atoms with E-state index in [9.17, 15) is 0 Å². The Kier molecular flexibility index (Phi) is 3.25. The fraction of sp³-hybridized carbons (Fsp3) is 0.467. The Bertz CT molecular complexity index is 372. The SMILES string of the molecule is CCCCCc1ccc2c(c1)CC(C)=C2. The Balaban J connectivity index is 2.03. The van der Waals surface area contributed by atoms with Crippen LogP contribution in [0.3, 0.4) is 0 Å². The molecular weight excluding hydrogens is 180 g/mol. The van der Waals surface area contributed by atoms with Crippen molar-refractivity contribution >= 4 is 6.08 Å². The molecule has 0 fully saturated rings.